The largest absolute Gasteiger partial charge is 0.357 e. The molecule has 0 saturated carbocycles. The van der Waals surface area contributed by atoms with Crippen LogP contribution in [0.1, 0.15) is 31.9 Å². The molecule has 0 bridgehead atoms. The molecule has 1 aromatic heterocycles. The van der Waals surface area contributed by atoms with Crippen molar-refractivity contribution in [3.05, 3.63) is 53.7 Å². The molecule has 0 spiro atoms. The van der Waals surface area contributed by atoms with Crippen LogP contribution in [0.2, 0.25) is 0 Å². The van der Waals surface area contributed by atoms with E-state index >= 15 is 0 Å². The Balaban J connectivity index is 1.86. The van der Waals surface area contributed by atoms with E-state index in [4.69, 9.17) is 0 Å². The van der Waals surface area contributed by atoms with E-state index in [-0.39, 0.29) is 6.54 Å². The van der Waals surface area contributed by atoms with E-state index in [1.807, 2.05) is 24.3 Å². The summed E-state index contributed by atoms with van der Waals surface area (Å²) in [6.07, 6.45) is 2.64. The Morgan fingerprint density at radius 2 is 1.58 bits per heavy atom. The van der Waals surface area contributed by atoms with Crippen LogP contribution in [0.3, 0.4) is 0 Å². The number of carbonyl (C=O) groups is 2. The second-order valence-electron chi connectivity index (χ2n) is 5.88. The number of aromatic nitrogens is 1. The maximum Gasteiger partial charge on any atom is 0.313 e. The third-order valence-corrected chi connectivity index (χ3v) is 4.18. The molecule has 0 aliphatic carbocycles. The number of benzene rings is 1. The second-order valence-corrected chi connectivity index (χ2v) is 5.88. The highest BCUT2D eigenvalue weighted by atomic mass is 16.2. The SMILES string of the molecule is CCc1ccc(NC(=O)C(=O)NCc2ccc(N(CC)CC)nc2)cc1. The summed E-state index contributed by atoms with van der Waals surface area (Å²) < 4.78 is 0. The first kappa shape index (κ1) is 19.4. The topological polar surface area (TPSA) is 74.3 Å². The van der Waals surface area contributed by atoms with Gasteiger partial charge in [0.25, 0.3) is 0 Å². The molecule has 1 aromatic carbocycles. The number of amides is 2. The average Bonchev–Trinajstić information content (AvgIpc) is 2.68. The van der Waals surface area contributed by atoms with Crippen molar-refractivity contribution >= 4 is 23.3 Å². The van der Waals surface area contributed by atoms with E-state index in [0.717, 1.165) is 30.9 Å². The second kappa shape index (κ2) is 9.56. The first-order valence-electron chi connectivity index (χ1n) is 8.95. The minimum atomic E-state index is -0.679. The van der Waals surface area contributed by atoms with Gasteiger partial charge in [0, 0.05) is 31.5 Å². The summed E-state index contributed by atoms with van der Waals surface area (Å²) in [4.78, 5) is 30.5. The van der Waals surface area contributed by atoms with E-state index in [9.17, 15) is 9.59 Å². The lowest BCUT2D eigenvalue weighted by atomic mass is 10.1. The molecule has 0 radical (unpaired) electrons. The summed E-state index contributed by atoms with van der Waals surface area (Å²) in [5.74, 6) is -0.447. The van der Waals surface area contributed by atoms with Gasteiger partial charge in [-0.25, -0.2) is 4.98 Å². The summed E-state index contributed by atoms with van der Waals surface area (Å²) in [6.45, 7) is 8.25. The van der Waals surface area contributed by atoms with Crippen molar-refractivity contribution in [2.45, 2.75) is 33.7 Å². The van der Waals surface area contributed by atoms with Crippen molar-refractivity contribution < 1.29 is 9.59 Å². The normalized spacial score (nSPS) is 10.3. The van der Waals surface area contributed by atoms with E-state index < -0.39 is 11.8 Å². The lowest BCUT2D eigenvalue weighted by Gasteiger charge is -2.19. The Morgan fingerprint density at radius 3 is 2.12 bits per heavy atom. The first-order valence-corrected chi connectivity index (χ1v) is 8.95. The predicted octanol–water partition coefficient (Wildman–Crippen LogP) is 2.75. The summed E-state index contributed by atoms with van der Waals surface area (Å²) in [5, 5.41) is 5.21. The molecule has 6 heteroatoms. The zero-order valence-corrected chi connectivity index (χ0v) is 15.6. The molecule has 2 N–H and O–H groups in total. The van der Waals surface area contributed by atoms with Crippen LogP contribution in [0.4, 0.5) is 11.5 Å². The zero-order chi connectivity index (χ0) is 18.9. The Labute approximate surface area is 154 Å². The Hall–Kier alpha value is -2.89. The molecule has 2 amide bonds. The van der Waals surface area contributed by atoms with Crippen molar-refractivity contribution in [2.24, 2.45) is 0 Å². The fourth-order valence-corrected chi connectivity index (χ4v) is 2.53. The van der Waals surface area contributed by atoms with Crippen molar-refractivity contribution in [3.8, 4) is 0 Å². The number of nitrogens with zero attached hydrogens (tertiary/aromatic N) is 2. The molecule has 0 aliphatic rings. The van der Waals surface area contributed by atoms with Crippen molar-refractivity contribution in [3.63, 3.8) is 0 Å². The van der Waals surface area contributed by atoms with Gasteiger partial charge in [0.2, 0.25) is 0 Å². The molecular weight excluding hydrogens is 328 g/mol. The van der Waals surface area contributed by atoms with E-state index in [0.29, 0.717) is 5.69 Å². The summed E-state index contributed by atoms with van der Waals surface area (Å²) in [6, 6.07) is 11.3. The monoisotopic (exact) mass is 354 g/mol. The fraction of sp³-hybridized carbons (Fsp3) is 0.350. The number of anilines is 2. The van der Waals surface area contributed by atoms with Crippen LogP contribution in [-0.2, 0) is 22.6 Å². The summed E-state index contributed by atoms with van der Waals surface area (Å²) in [5.41, 5.74) is 2.62. The van der Waals surface area contributed by atoms with Crippen LogP contribution in [-0.4, -0.2) is 29.9 Å². The minimum absolute atomic E-state index is 0.257. The average molecular weight is 354 g/mol. The third kappa shape index (κ3) is 5.31. The first-order chi connectivity index (χ1) is 12.6. The van der Waals surface area contributed by atoms with Crippen LogP contribution in [0.25, 0.3) is 0 Å². The zero-order valence-electron chi connectivity index (χ0n) is 15.6. The van der Waals surface area contributed by atoms with Gasteiger partial charge in [-0.05, 0) is 49.6 Å². The van der Waals surface area contributed by atoms with Crippen molar-refractivity contribution in [2.75, 3.05) is 23.3 Å². The maximum absolute atomic E-state index is 12.0. The van der Waals surface area contributed by atoms with Gasteiger partial charge in [-0.1, -0.05) is 25.1 Å². The van der Waals surface area contributed by atoms with Crippen LogP contribution in [0, 0.1) is 0 Å². The van der Waals surface area contributed by atoms with Gasteiger partial charge in [0.1, 0.15) is 5.82 Å². The highest BCUT2D eigenvalue weighted by Crippen LogP contribution is 2.11. The molecule has 0 fully saturated rings. The number of hydrogen-bond acceptors (Lipinski definition) is 4. The van der Waals surface area contributed by atoms with Gasteiger partial charge < -0.3 is 15.5 Å². The van der Waals surface area contributed by atoms with Gasteiger partial charge in [0.15, 0.2) is 0 Å². The minimum Gasteiger partial charge on any atom is -0.357 e. The highest BCUT2D eigenvalue weighted by molar-refractivity contribution is 6.39. The molecular formula is C20H26N4O2. The molecule has 138 valence electrons. The van der Waals surface area contributed by atoms with Crippen LogP contribution in [0.5, 0.6) is 0 Å². The molecule has 0 aliphatic heterocycles. The van der Waals surface area contributed by atoms with Gasteiger partial charge in [-0.15, -0.1) is 0 Å². The molecule has 6 nitrogen and oxygen atoms in total. The number of carbonyl (C=O) groups excluding carboxylic acids is 2. The summed E-state index contributed by atoms with van der Waals surface area (Å²) in [7, 11) is 0. The van der Waals surface area contributed by atoms with E-state index in [1.54, 1.807) is 18.3 Å². The van der Waals surface area contributed by atoms with Crippen LogP contribution >= 0.6 is 0 Å². The van der Waals surface area contributed by atoms with Gasteiger partial charge in [-0.3, -0.25) is 9.59 Å². The Morgan fingerprint density at radius 1 is 0.923 bits per heavy atom. The fourth-order valence-electron chi connectivity index (χ4n) is 2.53. The third-order valence-electron chi connectivity index (χ3n) is 4.18. The van der Waals surface area contributed by atoms with E-state index in [2.05, 4.69) is 41.3 Å². The van der Waals surface area contributed by atoms with E-state index in [1.165, 1.54) is 5.56 Å². The van der Waals surface area contributed by atoms with Crippen LogP contribution in [0.15, 0.2) is 42.6 Å². The van der Waals surface area contributed by atoms with Gasteiger partial charge in [-0.2, -0.15) is 0 Å². The predicted molar refractivity (Wildman–Crippen MR) is 104 cm³/mol. The lowest BCUT2D eigenvalue weighted by Crippen LogP contribution is -2.35. The van der Waals surface area contributed by atoms with Crippen molar-refractivity contribution in [1.82, 2.24) is 10.3 Å². The maximum atomic E-state index is 12.0. The standard InChI is InChI=1S/C20H26N4O2/c1-4-15-7-10-17(11-8-15)23-20(26)19(25)22-14-16-9-12-18(21-13-16)24(5-2)6-3/h7-13H,4-6,14H2,1-3H3,(H,22,25)(H,23,26). The molecule has 0 saturated heterocycles. The summed E-state index contributed by atoms with van der Waals surface area (Å²) >= 11 is 0. The molecule has 1 heterocycles. The highest BCUT2D eigenvalue weighted by Gasteiger charge is 2.13. The lowest BCUT2D eigenvalue weighted by molar-refractivity contribution is -0.136. The molecule has 26 heavy (non-hydrogen) atoms. The van der Waals surface area contributed by atoms with Gasteiger partial charge in [0.05, 0.1) is 0 Å². The Bertz CT molecular complexity index is 722. The van der Waals surface area contributed by atoms with Crippen LogP contribution < -0.4 is 15.5 Å². The smallest absolute Gasteiger partial charge is 0.313 e. The van der Waals surface area contributed by atoms with Gasteiger partial charge >= 0.3 is 11.8 Å². The molecule has 2 aromatic rings. The van der Waals surface area contributed by atoms with Crippen molar-refractivity contribution in [1.29, 1.82) is 0 Å². The molecule has 2 rings (SSSR count). The number of aryl methyl sites for hydroxylation is 1. The number of pyridine rings is 1. The number of nitrogens with one attached hydrogen (secondary N) is 2. The quantitative estimate of drug-likeness (QED) is 0.750. The number of hydrogen-bond donors (Lipinski definition) is 2. The number of rotatable bonds is 7. The molecule has 0 unspecified atom stereocenters. The Kier molecular flexibility index (Phi) is 7.14. The molecule has 0 atom stereocenters.